The summed E-state index contributed by atoms with van der Waals surface area (Å²) in [5, 5.41) is 5.39. The van der Waals surface area contributed by atoms with E-state index in [9.17, 15) is 0 Å². The highest BCUT2D eigenvalue weighted by Crippen LogP contribution is 2.29. The largest absolute Gasteiger partial charge is 0.397 e. The molecule has 0 bridgehead atoms. The summed E-state index contributed by atoms with van der Waals surface area (Å²) in [6.45, 7) is 0. The van der Waals surface area contributed by atoms with Crippen molar-refractivity contribution in [1.82, 2.24) is 9.78 Å². The maximum Gasteiger partial charge on any atom is 0.0891 e. The van der Waals surface area contributed by atoms with Gasteiger partial charge in [-0.2, -0.15) is 5.10 Å². The number of rotatable bonds is 1. The smallest absolute Gasteiger partial charge is 0.0891 e. The van der Waals surface area contributed by atoms with Crippen LogP contribution in [0.5, 0.6) is 0 Å². The maximum absolute atomic E-state index is 5.88. The average Bonchev–Trinajstić information content (AvgIpc) is 2.58. The molecule has 2 rings (SSSR count). The van der Waals surface area contributed by atoms with Crippen molar-refractivity contribution in [2.24, 2.45) is 0 Å². The number of hydrogen-bond acceptors (Lipinski definition) is 2. The van der Waals surface area contributed by atoms with Gasteiger partial charge in [0, 0.05) is 6.20 Å². The molecule has 15 heavy (non-hydrogen) atoms. The highest BCUT2D eigenvalue weighted by molar-refractivity contribution is 6.42. The first-order valence-electron chi connectivity index (χ1n) is 4.03. The van der Waals surface area contributed by atoms with Crippen molar-refractivity contribution in [3.63, 3.8) is 0 Å². The molecule has 0 amide bonds. The second-order valence-corrected chi connectivity index (χ2v) is 4.18. The first-order valence-corrected chi connectivity index (χ1v) is 5.16. The van der Waals surface area contributed by atoms with Gasteiger partial charge in [0.15, 0.2) is 0 Å². The third kappa shape index (κ3) is 2.04. The van der Waals surface area contributed by atoms with E-state index in [1.807, 2.05) is 0 Å². The van der Waals surface area contributed by atoms with Gasteiger partial charge in [0.1, 0.15) is 0 Å². The van der Waals surface area contributed by atoms with Gasteiger partial charge in [0.25, 0.3) is 0 Å². The molecule has 0 fully saturated rings. The Bertz CT molecular complexity index is 507. The van der Waals surface area contributed by atoms with Crippen LogP contribution < -0.4 is 5.73 Å². The normalized spacial score (nSPS) is 10.6. The fourth-order valence-electron chi connectivity index (χ4n) is 1.18. The molecule has 0 aliphatic carbocycles. The molecule has 2 N–H and O–H groups in total. The first-order chi connectivity index (χ1) is 7.08. The van der Waals surface area contributed by atoms with Gasteiger partial charge in [-0.1, -0.05) is 34.8 Å². The van der Waals surface area contributed by atoms with Gasteiger partial charge in [0.2, 0.25) is 0 Å². The van der Waals surface area contributed by atoms with E-state index in [0.717, 1.165) is 0 Å². The number of nitrogens with zero attached hydrogens (tertiary/aromatic N) is 2. The Morgan fingerprint density at radius 1 is 1.13 bits per heavy atom. The van der Waals surface area contributed by atoms with Gasteiger partial charge in [-0.15, -0.1) is 0 Å². The van der Waals surface area contributed by atoms with Crippen molar-refractivity contribution in [3.05, 3.63) is 39.6 Å². The molecule has 3 nitrogen and oxygen atoms in total. The van der Waals surface area contributed by atoms with Crippen molar-refractivity contribution in [2.75, 3.05) is 5.73 Å². The zero-order valence-electron chi connectivity index (χ0n) is 7.42. The number of nitrogen functional groups attached to an aromatic ring is 1. The molecule has 1 aromatic heterocycles. The molecule has 0 saturated carbocycles. The minimum atomic E-state index is 0.413. The van der Waals surface area contributed by atoms with Crippen molar-refractivity contribution in [1.29, 1.82) is 0 Å². The maximum atomic E-state index is 5.88. The molecular weight excluding hydrogens is 256 g/mol. The SMILES string of the molecule is Nc1cc(Cl)c(Cl)cc1-n1cc(Cl)cn1. The van der Waals surface area contributed by atoms with Crippen molar-refractivity contribution >= 4 is 40.5 Å². The van der Waals surface area contributed by atoms with Crippen LogP contribution in [-0.2, 0) is 0 Å². The number of hydrogen-bond donors (Lipinski definition) is 1. The van der Waals surface area contributed by atoms with Crippen molar-refractivity contribution < 1.29 is 0 Å². The van der Waals surface area contributed by atoms with Crippen LogP contribution in [0.2, 0.25) is 15.1 Å². The summed E-state index contributed by atoms with van der Waals surface area (Å²) in [6, 6.07) is 3.22. The molecule has 0 saturated heterocycles. The molecule has 0 unspecified atom stereocenters. The lowest BCUT2D eigenvalue weighted by atomic mass is 10.3. The van der Waals surface area contributed by atoms with Crippen LogP contribution in [0.15, 0.2) is 24.5 Å². The summed E-state index contributed by atoms with van der Waals surface area (Å²) < 4.78 is 1.54. The summed E-state index contributed by atoms with van der Waals surface area (Å²) in [4.78, 5) is 0. The summed E-state index contributed by atoms with van der Waals surface area (Å²) in [5.74, 6) is 0. The van der Waals surface area contributed by atoms with Crippen molar-refractivity contribution in [2.45, 2.75) is 0 Å². The molecule has 0 spiro atoms. The van der Waals surface area contributed by atoms with Gasteiger partial charge in [0.05, 0.1) is 32.6 Å². The Balaban J connectivity index is 2.58. The minimum absolute atomic E-state index is 0.413. The van der Waals surface area contributed by atoms with E-state index < -0.39 is 0 Å². The van der Waals surface area contributed by atoms with Gasteiger partial charge in [-0.25, -0.2) is 4.68 Å². The van der Waals surface area contributed by atoms with Crippen LogP contribution in [0.3, 0.4) is 0 Å². The fourth-order valence-corrected chi connectivity index (χ4v) is 1.65. The minimum Gasteiger partial charge on any atom is -0.397 e. The van der Waals surface area contributed by atoms with Crippen LogP contribution in [0, 0.1) is 0 Å². The van der Waals surface area contributed by atoms with Crippen LogP contribution in [0.25, 0.3) is 5.69 Å². The van der Waals surface area contributed by atoms with E-state index in [1.165, 1.54) is 6.20 Å². The zero-order valence-corrected chi connectivity index (χ0v) is 9.68. The molecule has 0 radical (unpaired) electrons. The topological polar surface area (TPSA) is 43.8 Å². The molecule has 0 aliphatic rings. The molecule has 78 valence electrons. The summed E-state index contributed by atoms with van der Waals surface area (Å²) >= 11 is 17.4. The number of anilines is 1. The molecule has 6 heteroatoms. The quantitative estimate of drug-likeness (QED) is 0.800. The summed E-state index contributed by atoms with van der Waals surface area (Å²) in [5.41, 5.74) is 6.92. The molecular formula is C9H6Cl3N3. The predicted octanol–water partition coefficient (Wildman–Crippen LogP) is 3.41. The van der Waals surface area contributed by atoms with Gasteiger partial charge < -0.3 is 5.73 Å². The van der Waals surface area contributed by atoms with Crippen LogP contribution in [0.4, 0.5) is 5.69 Å². The second kappa shape index (κ2) is 3.93. The summed E-state index contributed by atoms with van der Waals surface area (Å²) in [7, 11) is 0. The van der Waals surface area contributed by atoms with E-state index >= 15 is 0 Å². The highest BCUT2D eigenvalue weighted by atomic mass is 35.5. The Morgan fingerprint density at radius 2 is 1.80 bits per heavy atom. The van der Waals surface area contributed by atoms with Crippen LogP contribution in [0.1, 0.15) is 0 Å². The van der Waals surface area contributed by atoms with Gasteiger partial charge in [-0.3, -0.25) is 0 Å². The first kappa shape index (κ1) is 10.6. The Morgan fingerprint density at radius 3 is 2.40 bits per heavy atom. The van der Waals surface area contributed by atoms with Gasteiger partial charge >= 0.3 is 0 Å². The molecule has 1 aromatic carbocycles. The van der Waals surface area contributed by atoms with Crippen LogP contribution in [-0.4, -0.2) is 9.78 Å². The Kier molecular flexibility index (Phi) is 2.78. The summed E-state index contributed by atoms with van der Waals surface area (Å²) in [6.07, 6.45) is 3.15. The lowest BCUT2D eigenvalue weighted by Gasteiger charge is -2.07. The number of nitrogens with two attached hydrogens (primary N) is 1. The highest BCUT2D eigenvalue weighted by Gasteiger charge is 2.07. The Labute approximate surface area is 101 Å². The van der Waals surface area contributed by atoms with E-state index in [0.29, 0.717) is 26.4 Å². The van der Waals surface area contributed by atoms with E-state index in [1.54, 1.807) is 23.0 Å². The zero-order chi connectivity index (χ0) is 11.0. The van der Waals surface area contributed by atoms with Gasteiger partial charge in [-0.05, 0) is 12.1 Å². The fraction of sp³-hybridized carbons (Fsp3) is 0. The number of benzene rings is 1. The molecule has 1 heterocycles. The molecule has 0 aliphatic heterocycles. The Hall–Kier alpha value is -0.900. The van der Waals surface area contributed by atoms with Crippen LogP contribution >= 0.6 is 34.8 Å². The van der Waals surface area contributed by atoms with E-state index in [-0.39, 0.29) is 0 Å². The number of halogens is 3. The number of aromatic nitrogens is 2. The van der Waals surface area contributed by atoms with E-state index in [4.69, 9.17) is 40.5 Å². The average molecular weight is 263 g/mol. The second-order valence-electron chi connectivity index (χ2n) is 2.93. The van der Waals surface area contributed by atoms with E-state index in [2.05, 4.69) is 5.10 Å². The van der Waals surface area contributed by atoms with Crippen molar-refractivity contribution in [3.8, 4) is 5.69 Å². The monoisotopic (exact) mass is 261 g/mol. The molecule has 0 atom stereocenters. The third-order valence-electron chi connectivity index (χ3n) is 1.87. The predicted molar refractivity (Wildman–Crippen MR) is 63.0 cm³/mol. The lowest BCUT2D eigenvalue weighted by Crippen LogP contribution is -2.00. The molecule has 2 aromatic rings. The third-order valence-corrected chi connectivity index (χ3v) is 2.78. The standard InChI is InChI=1S/C9H6Cl3N3/c10-5-3-14-15(4-5)9-2-7(12)6(11)1-8(9)13/h1-4H,13H2. The lowest BCUT2D eigenvalue weighted by molar-refractivity contribution is 0.883.